The lowest BCUT2D eigenvalue weighted by molar-refractivity contribution is 0.0696. The molecule has 0 aliphatic rings. The molecule has 0 radical (unpaired) electrons. The van der Waals surface area contributed by atoms with E-state index in [1.165, 1.54) is 6.20 Å². The fourth-order valence-corrected chi connectivity index (χ4v) is 1.43. The number of pyridine rings is 1. The Hall–Kier alpha value is -1.58. The van der Waals surface area contributed by atoms with Crippen LogP contribution in [0.2, 0.25) is 0 Å². The van der Waals surface area contributed by atoms with Crippen molar-refractivity contribution >= 4 is 11.7 Å². The van der Waals surface area contributed by atoms with Gasteiger partial charge < -0.3 is 10.4 Å². The van der Waals surface area contributed by atoms with E-state index >= 15 is 0 Å². The number of anilines is 1. The van der Waals surface area contributed by atoms with Gasteiger partial charge in [-0.2, -0.15) is 0 Å². The lowest BCUT2D eigenvalue weighted by atomic mass is 10.2. The molecule has 0 aromatic carbocycles. The van der Waals surface area contributed by atoms with E-state index in [0.29, 0.717) is 6.04 Å². The van der Waals surface area contributed by atoms with E-state index in [1.807, 2.05) is 0 Å². The van der Waals surface area contributed by atoms with Crippen molar-refractivity contribution in [2.75, 3.05) is 5.32 Å². The van der Waals surface area contributed by atoms with Gasteiger partial charge in [0.1, 0.15) is 0 Å². The number of hydrogen-bond donors (Lipinski definition) is 2. The maximum absolute atomic E-state index is 10.7. The van der Waals surface area contributed by atoms with Crippen molar-refractivity contribution in [1.82, 2.24) is 4.98 Å². The second-order valence-corrected chi connectivity index (χ2v) is 3.60. The van der Waals surface area contributed by atoms with Crippen LogP contribution in [0.15, 0.2) is 18.5 Å². The molecule has 0 bridgehead atoms. The first-order chi connectivity index (χ1) is 7.13. The van der Waals surface area contributed by atoms with Gasteiger partial charge in [-0.25, -0.2) is 4.79 Å². The Bertz CT molecular complexity index is 339. The van der Waals surface area contributed by atoms with Crippen LogP contribution in [-0.2, 0) is 0 Å². The molecule has 1 atom stereocenters. The molecule has 4 heteroatoms. The molecule has 1 heterocycles. The van der Waals surface area contributed by atoms with Gasteiger partial charge >= 0.3 is 5.97 Å². The molecular formula is C11H16N2O2. The molecule has 0 saturated heterocycles. The van der Waals surface area contributed by atoms with Crippen LogP contribution in [0.4, 0.5) is 5.69 Å². The van der Waals surface area contributed by atoms with Gasteiger partial charge in [0.05, 0.1) is 11.3 Å². The number of rotatable bonds is 5. The molecule has 1 aromatic heterocycles. The zero-order valence-corrected chi connectivity index (χ0v) is 9.03. The Labute approximate surface area is 89.3 Å². The summed E-state index contributed by atoms with van der Waals surface area (Å²) in [6, 6.07) is 1.93. The normalized spacial score (nSPS) is 12.1. The number of aromatic carboxylic acids is 1. The predicted molar refractivity (Wildman–Crippen MR) is 59.2 cm³/mol. The molecule has 0 fully saturated rings. The smallest absolute Gasteiger partial charge is 0.337 e. The largest absolute Gasteiger partial charge is 0.478 e. The van der Waals surface area contributed by atoms with E-state index in [9.17, 15) is 4.79 Å². The SMILES string of the molecule is CCCC(C)Nc1cncc(C(=O)O)c1. The highest BCUT2D eigenvalue weighted by atomic mass is 16.4. The number of carboxylic acid groups (broad SMARTS) is 1. The van der Waals surface area contributed by atoms with E-state index < -0.39 is 5.97 Å². The zero-order valence-electron chi connectivity index (χ0n) is 9.03. The minimum atomic E-state index is -0.950. The van der Waals surface area contributed by atoms with E-state index in [-0.39, 0.29) is 5.56 Å². The molecule has 0 aliphatic carbocycles. The lowest BCUT2D eigenvalue weighted by Gasteiger charge is -2.13. The Kier molecular flexibility index (Phi) is 4.09. The minimum absolute atomic E-state index is 0.212. The standard InChI is InChI=1S/C11H16N2O2/c1-3-4-8(2)13-10-5-9(11(14)15)6-12-7-10/h5-8,13H,3-4H2,1-2H3,(H,14,15). The summed E-state index contributed by atoms with van der Waals surface area (Å²) in [6.07, 6.45) is 5.13. The molecule has 15 heavy (non-hydrogen) atoms. The third-order valence-electron chi connectivity index (χ3n) is 2.12. The Morgan fingerprint density at radius 2 is 2.33 bits per heavy atom. The van der Waals surface area contributed by atoms with Crippen LogP contribution >= 0.6 is 0 Å². The van der Waals surface area contributed by atoms with Crippen molar-refractivity contribution < 1.29 is 9.90 Å². The van der Waals surface area contributed by atoms with Crippen molar-refractivity contribution in [3.63, 3.8) is 0 Å². The Morgan fingerprint density at radius 3 is 2.93 bits per heavy atom. The maximum atomic E-state index is 10.7. The van der Waals surface area contributed by atoms with Crippen molar-refractivity contribution in [1.29, 1.82) is 0 Å². The third kappa shape index (κ3) is 3.58. The monoisotopic (exact) mass is 208 g/mol. The average molecular weight is 208 g/mol. The van der Waals surface area contributed by atoms with Crippen molar-refractivity contribution in [2.24, 2.45) is 0 Å². The third-order valence-corrected chi connectivity index (χ3v) is 2.12. The van der Waals surface area contributed by atoms with Gasteiger partial charge in [-0.15, -0.1) is 0 Å². The second-order valence-electron chi connectivity index (χ2n) is 3.60. The van der Waals surface area contributed by atoms with Crippen LogP contribution in [-0.4, -0.2) is 22.1 Å². The number of nitrogens with one attached hydrogen (secondary N) is 1. The molecule has 82 valence electrons. The summed E-state index contributed by atoms with van der Waals surface area (Å²) < 4.78 is 0. The highest BCUT2D eigenvalue weighted by molar-refractivity contribution is 5.88. The van der Waals surface area contributed by atoms with Gasteiger partial charge in [0.15, 0.2) is 0 Å². The van der Waals surface area contributed by atoms with Gasteiger partial charge in [-0.1, -0.05) is 13.3 Å². The van der Waals surface area contributed by atoms with E-state index in [2.05, 4.69) is 24.1 Å². The van der Waals surface area contributed by atoms with Gasteiger partial charge in [0, 0.05) is 18.4 Å². The molecule has 0 saturated carbocycles. The van der Waals surface area contributed by atoms with Crippen molar-refractivity contribution in [2.45, 2.75) is 32.7 Å². The summed E-state index contributed by atoms with van der Waals surface area (Å²) in [5.74, 6) is -0.950. The Balaban J connectivity index is 2.69. The van der Waals surface area contributed by atoms with E-state index in [1.54, 1.807) is 12.3 Å². The molecule has 2 N–H and O–H groups in total. The van der Waals surface area contributed by atoms with E-state index in [4.69, 9.17) is 5.11 Å². The van der Waals surface area contributed by atoms with Crippen LogP contribution in [0.1, 0.15) is 37.0 Å². The highest BCUT2D eigenvalue weighted by Crippen LogP contribution is 2.11. The van der Waals surface area contributed by atoms with E-state index in [0.717, 1.165) is 18.5 Å². The molecule has 0 amide bonds. The molecule has 0 aliphatic heterocycles. The molecule has 1 unspecified atom stereocenters. The first kappa shape index (κ1) is 11.5. The molecular weight excluding hydrogens is 192 g/mol. The molecule has 4 nitrogen and oxygen atoms in total. The van der Waals surface area contributed by atoms with Crippen molar-refractivity contribution in [3.8, 4) is 0 Å². The summed E-state index contributed by atoms with van der Waals surface area (Å²) >= 11 is 0. The predicted octanol–water partition coefficient (Wildman–Crippen LogP) is 2.38. The second kappa shape index (κ2) is 5.34. The first-order valence-electron chi connectivity index (χ1n) is 5.08. The van der Waals surface area contributed by atoms with Gasteiger partial charge in [0.2, 0.25) is 0 Å². The summed E-state index contributed by atoms with van der Waals surface area (Å²) in [6.45, 7) is 4.18. The van der Waals surface area contributed by atoms with Gasteiger partial charge in [-0.3, -0.25) is 4.98 Å². The topological polar surface area (TPSA) is 62.2 Å². The molecule has 0 spiro atoms. The molecule has 1 aromatic rings. The van der Waals surface area contributed by atoms with Crippen molar-refractivity contribution in [3.05, 3.63) is 24.0 Å². The fourth-order valence-electron chi connectivity index (χ4n) is 1.43. The Morgan fingerprint density at radius 1 is 1.60 bits per heavy atom. The van der Waals surface area contributed by atoms with Crippen LogP contribution in [0.25, 0.3) is 0 Å². The summed E-state index contributed by atoms with van der Waals surface area (Å²) in [7, 11) is 0. The van der Waals surface area contributed by atoms with Crippen LogP contribution in [0, 0.1) is 0 Å². The first-order valence-corrected chi connectivity index (χ1v) is 5.08. The van der Waals surface area contributed by atoms with Crippen LogP contribution < -0.4 is 5.32 Å². The van der Waals surface area contributed by atoms with Crippen LogP contribution in [0.3, 0.4) is 0 Å². The summed E-state index contributed by atoms with van der Waals surface area (Å²) in [5, 5.41) is 12.0. The number of hydrogen-bond acceptors (Lipinski definition) is 3. The van der Waals surface area contributed by atoms with Gasteiger partial charge in [0.25, 0.3) is 0 Å². The average Bonchev–Trinajstić information content (AvgIpc) is 2.18. The lowest BCUT2D eigenvalue weighted by Crippen LogP contribution is -2.15. The molecule has 1 rings (SSSR count). The maximum Gasteiger partial charge on any atom is 0.337 e. The van der Waals surface area contributed by atoms with Crippen LogP contribution in [0.5, 0.6) is 0 Å². The number of nitrogens with zero attached hydrogens (tertiary/aromatic N) is 1. The quantitative estimate of drug-likeness (QED) is 0.779. The fraction of sp³-hybridized carbons (Fsp3) is 0.455. The van der Waals surface area contributed by atoms with Gasteiger partial charge in [-0.05, 0) is 19.4 Å². The minimum Gasteiger partial charge on any atom is -0.478 e. The highest BCUT2D eigenvalue weighted by Gasteiger charge is 2.05. The zero-order chi connectivity index (χ0) is 11.3. The summed E-state index contributed by atoms with van der Waals surface area (Å²) in [5.41, 5.74) is 0.972. The summed E-state index contributed by atoms with van der Waals surface area (Å²) in [4.78, 5) is 14.6. The number of carboxylic acids is 1. The number of aromatic nitrogens is 1. The number of carbonyl (C=O) groups is 1.